The van der Waals surface area contributed by atoms with Crippen molar-refractivity contribution in [3.05, 3.63) is 102 Å². The number of nitrogens with two attached hydrogens (primary N) is 1. The Morgan fingerprint density at radius 2 is 1.53 bits per heavy atom. The zero-order chi connectivity index (χ0) is 23.9. The van der Waals surface area contributed by atoms with Crippen LogP contribution in [0.1, 0.15) is 36.4 Å². The van der Waals surface area contributed by atoms with Crippen molar-refractivity contribution in [2.45, 2.75) is 31.3 Å². The summed E-state index contributed by atoms with van der Waals surface area (Å²) in [6, 6.07) is 28.5. The van der Waals surface area contributed by atoms with Gasteiger partial charge < -0.3 is 10.5 Å². The molecule has 0 radical (unpaired) electrons. The fourth-order valence-electron chi connectivity index (χ4n) is 4.39. The first-order chi connectivity index (χ1) is 16.6. The third-order valence-corrected chi connectivity index (χ3v) is 6.12. The number of carbonyl (C=O) groups excluding carboxylic acids is 2. The Labute approximate surface area is 200 Å². The number of benzene rings is 3. The highest BCUT2D eigenvalue weighted by Crippen LogP contribution is 2.41. The van der Waals surface area contributed by atoms with Crippen LogP contribution in [0.15, 0.2) is 96.1 Å². The fourth-order valence-corrected chi connectivity index (χ4v) is 4.39. The molecule has 6 nitrogen and oxygen atoms in total. The standard InChI is InChI=1S/C28H29N3O3/c1-34-24(32)19-11-18-23(29)28(33)25-26(20-12-5-2-6-13-20)30-31(22-16-9-4-10-17-22)27(25)21-14-7-3-8-15-21/h2-10,12-17,23,25,27H,11,18-19,29H2,1H3. The molecule has 3 aromatic rings. The lowest BCUT2D eigenvalue weighted by molar-refractivity contribution is -0.140. The largest absolute Gasteiger partial charge is 0.469 e. The summed E-state index contributed by atoms with van der Waals surface area (Å²) < 4.78 is 4.71. The van der Waals surface area contributed by atoms with Gasteiger partial charge >= 0.3 is 5.97 Å². The van der Waals surface area contributed by atoms with E-state index in [0.717, 1.165) is 16.8 Å². The highest BCUT2D eigenvalue weighted by Gasteiger charge is 2.45. The molecule has 3 aromatic carbocycles. The van der Waals surface area contributed by atoms with E-state index in [2.05, 4.69) is 0 Å². The van der Waals surface area contributed by atoms with Crippen molar-refractivity contribution in [1.82, 2.24) is 0 Å². The monoisotopic (exact) mass is 455 g/mol. The van der Waals surface area contributed by atoms with Gasteiger partial charge in [0.1, 0.15) is 0 Å². The first-order valence-electron chi connectivity index (χ1n) is 11.5. The van der Waals surface area contributed by atoms with Crippen LogP contribution in [0.2, 0.25) is 0 Å². The third-order valence-electron chi connectivity index (χ3n) is 6.12. The molecule has 0 fully saturated rings. The van der Waals surface area contributed by atoms with Crippen LogP contribution in [0.25, 0.3) is 0 Å². The van der Waals surface area contributed by atoms with E-state index in [1.807, 2.05) is 96.0 Å². The van der Waals surface area contributed by atoms with Crippen molar-refractivity contribution in [1.29, 1.82) is 0 Å². The molecule has 0 spiro atoms. The van der Waals surface area contributed by atoms with Crippen molar-refractivity contribution in [3.8, 4) is 0 Å². The Bertz CT molecular complexity index is 1130. The molecule has 174 valence electrons. The smallest absolute Gasteiger partial charge is 0.305 e. The number of anilines is 1. The average Bonchev–Trinajstić information content (AvgIpc) is 3.30. The molecule has 0 saturated carbocycles. The molecule has 0 bridgehead atoms. The van der Waals surface area contributed by atoms with Gasteiger partial charge in [-0.15, -0.1) is 0 Å². The van der Waals surface area contributed by atoms with E-state index < -0.39 is 12.0 Å². The maximum absolute atomic E-state index is 13.9. The Morgan fingerprint density at radius 1 is 0.941 bits per heavy atom. The quantitative estimate of drug-likeness (QED) is 0.480. The van der Waals surface area contributed by atoms with E-state index in [-0.39, 0.29) is 24.2 Å². The van der Waals surface area contributed by atoms with Crippen molar-refractivity contribution in [2.24, 2.45) is 16.8 Å². The Balaban J connectivity index is 1.74. The van der Waals surface area contributed by atoms with Crippen molar-refractivity contribution < 1.29 is 14.3 Å². The SMILES string of the molecule is COC(=O)CCCC(N)C(=O)C1C(c2ccccc2)=NN(c2ccccc2)C1c1ccccc1. The summed E-state index contributed by atoms with van der Waals surface area (Å²) in [7, 11) is 1.36. The van der Waals surface area contributed by atoms with Crippen LogP contribution < -0.4 is 10.7 Å². The molecule has 1 aliphatic rings. The molecule has 3 unspecified atom stereocenters. The number of Topliss-reactive ketones (excluding diaryl/α,β-unsaturated/α-hetero) is 1. The van der Waals surface area contributed by atoms with Gasteiger partial charge in [0.15, 0.2) is 5.78 Å². The minimum absolute atomic E-state index is 0.0836. The molecule has 4 rings (SSSR count). The Hall–Kier alpha value is -3.77. The van der Waals surface area contributed by atoms with Crippen LogP contribution in [0, 0.1) is 5.92 Å². The van der Waals surface area contributed by atoms with Crippen LogP contribution in [0.5, 0.6) is 0 Å². The maximum atomic E-state index is 13.9. The molecule has 3 atom stereocenters. The molecule has 34 heavy (non-hydrogen) atoms. The second kappa shape index (κ2) is 10.9. The Kier molecular flexibility index (Phi) is 7.50. The van der Waals surface area contributed by atoms with E-state index in [0.29, 0.717) is 18.6 Å². The van der Waals surface area contributed by atoms with E-state index in [1.165, 1.54) is 7.11 Å². The molecule has 1 heterocycles. The van der Waals surface area contributed by atoms with E-state index in [4.69, 9.17) is 15.6 Å². The van der Waals surface area contributed by atoms with Gasteiger partial charge in [-0.25, -0.2) is 0 Å². The van der Waals surface area contributed by atoms with Crippen molar-refractivity contribution in [3.63, 3.8) is 0 Å². The summed E-state index contributed by atoms with van der Waals surface area (Å²) in [6.45, 7) is 0. The number of hydrazone groups is 1. The number of methoxy groups -OCH3 is 1. The predicted octanol–water partition coefficient (Wildman–Crippen LogP) is 4.51. The fraction of sp³-hybridized carbons (Fsp3) is 0.250. The van der Waals surface area contributed by atoms with Gasteiger partial charge in [0, 0.05) is 6.42 Å². The summed E-state index contributed by atoms with van der Waals surface area (Å²) >= 11 is 0. The topological polar surface area (TPSA) is 85.0 Å². The lowest BCUT2D eigenvalue weighted by atomic mass is 9.81. The van der Waals surface area contributed by atoms with E-state index >= 15 is 0 Å². The average molecular weight is 456 g/mol. The van der Waals surface area contributed by atoms with Gasteiger partial charge in [-0.05, 0) is 36.1 Å². The molecular formula is C28H29N3O3. The third kappa shape index (κ3) is 5.07. The van der Waals surface area contributed by atoms with Crippen LogP contribution in [-0.2, 0) is 14.3 Å². The number of hydrogen-bond acceptors (Lipinski definition) is 6. The van der Waals surface area contributed by atoms with Crippen molar-refractivity contribution in [2.75, 3.05) is 12.1 Å². The Morgan fingerprint density at radius 3 is 2.15 bits per heavy atom. The van der Waals surface area contributed by atoms with Crippen LogP contribution in [-0.4, -0.2) is 30.6 Å². The van der Waals surface area contributed by atoms with Gasteiger partial charge in [-0.1, -0.05) is 78.9 Å². The van der Waals surface area contributed by atoms with E-state index in [9.17, 15) is 9.59 Å². The number of rotatable bonds is 9. The maximum Gasteiger partial charge on any atom is 0.305 e. The van der Waals surface area contributed by atoms with Gasteiger partial charge in [0.05, 0.1) is 36.5 Å². The molecule has 0 aliphatic carbocycles. The number of ketones is 1. The molecule has 0 aromatic heterocycles. The van der Waals surface area contributed by atoms with Gasteiger partial charge in [0.25, 0.3) is 0 Å². The first-order valence-corrected chi connectivity index (χ1v) is 11.5. The van der Waals surface area contributed by atoms with Gasteiger partial charge in [-0.3, -0.25) is 14.6 Å². The lowest BCUT2D eigenvalue weighted by Gasteiger charge is -2.29. The number of esters is 1. The van der Waals surface area contributed by atoms with E-state index in [1.54, 1.807) is 0 Å². The summed E-state index contributed by atoms with van der Waals surface area (Å²) in [4.78, 5) is 25.4. The van der Waals surface area contributed by atoms with Crippen LogP contribution in [0.3, 0.4) is 0 Å². The zero-order valence-corrected chi connectivity index (χ0v) is 19.2. The van der Waals surface area contributed by atoms with Crippen LogP contribution in [0.4, 0.5) is 5.69 Å². The second-order valence-corrected chi connectivity index (χ2v) is 8.34. The van der Waals surface area contributed by atoms with Crippen molar-refractivity contribution >= 4 is 23.2 Å². The second-order valence-electron chi connectivity index (χ2n) is 8.34. The number of hydrogen-bond donors (Lipinski definition) is 1. The number of para-hydroxylation sites is 1. The molecule has 0 amide bonds. The minimum atomic E-state index is -0.717. The van der Waals surface area contributed by atoms with Gasteiger partial charge in [-0.2, -0.15) is 5.10 Å². The summed E-state index contributed by atoms with van der Waals surface area (Å²) in [5, 5.41) is 6.92. The number of nitrogens with zero attached hydrogens (tertiary/aromatic N) is 2. The molecule has 6 heteroatoms. The predicted molar refractivity (Wildman–Crippen MR) is 133 cm³/mol. The molecule has 1 aliphatic heterocycles. The molecule has 0 saturated heterocycles. The zero-order valence-electron chi connectivity index (χ0n) is 19.2. The summed E-state index contributed by atoms with van der Waals surface area (Å²) in [6.07, 6.45) is 1.13. The van der Waals surface area contributed by atoms with Crippen LogP contribution >= 0.6 is 0 Å². The highest BCUT2D eigenvalue weighted by atomic mass is 16.5. The highest BCUT2D eigenvalue weighted by molar-refractivity contribution is 6.17. The first kappa shape index (κ1) is 23.4. The summed E-state index contributed by atoms with van der Waals surface area (Å²) in [5.41, 5.74) is 9.90. The lowest BCUT2D eigenvalue weighted by Crippen LogP contribution is -2.42. The number of carbonyl (C=O) groups is 2. The molecule has 2 N–H and O–H groups in total. The molecular weight excluding hydrogens is 426 g/mol. The number of ether oxygens (including phenoxy) is 1. The normalized spacial score (nSPS) is 18.3. The van der Waals surface area contributed by atoms with Gasteiger partial charge in [0.2, 0.25) is 0 Å². The minimum Gasteiger partial charge on any atom is -0.469 e. The summed E-state index contributed by atoms with van der Waals surface area (Å²) in [5.74, 6) is -0.942.